The van der Waals surface area contributed by atoms with Gasteiger partial charge in [0, 0.05) is 36.9 Å². The molecule has 0 unspecified atom stereocenters. The van der Waals surface area contributed by atoms with Crippen LogP contribution in [-0.2, 0) is 4.79 Å². The Morgan fingerprint density at radius 2 is 1.71 bits per heavy atom. The van der Waals surface area contributed by atoms with Crippen molar-refractivity contribution in [1.29, 1.82) is 0 Å². The van der Waals surface area contributed by atoms with Gasteiger partial charge in [0.05, 0.1) is 0 Å². The van der Waals surface area contributed by atoms with Crippen molar-refractivity contribution in [3.05, 3.63) is 41.4 Å². The van der Waals surface area contributed by atoms with Crippen LogP contribution in [0, 0.1) is 0 Å². The van der Waals surface area contributed by atoms with Crippen LogP contribution in [0.4, 0.5) is 5.69 Å². The van der Waals surface area contributed by atoms with Crippen molar-refractivity contribution >= 4 is 23.2 Å². The molecule has 1 amide bonds. The van der Waals surface area contributed by atoms with Gasteiger partial charge in [-0.3, -0.25) is 4.79 Å². The zero-order valence-electron chi connectivity index (χ0n) is 14.7. The highest BCUT2D eigenvalue weighted by Gasteiger charge is 2.19. The first kappa shape index (κ1) is 18.9. The number of halogens is 1. The van der Waals surface area contributed by atoms with E-state index in [0.717, 1.165) is 37.6 Å². The largest absolute Gasteiger partial charge is 0.368 e. The van der Waals surface area contributed by atoms with Gasteiger partial charge in [0.1, 0.15) is 0 Å². The first-order valence-electron chi connectivity index (χ1n) is 9.16. The second-order valence-electron chi connectivity index (χ2n) is 6.39. The highest BCUT2D eigenvalue weighted by molar-refractivity contribution is 6.30. The molecule has 3 nitrogen and oxygen atoms in total. The molecule has 24 heavy (non-hydrogen) atoms. The molecule has 2 rings (SSSR count). The average Bonchev–Trinajstić information content (AvgIpc) is 2.61. The molecule has 1 aromatic carbocycles. The summed E-state index contributed by atoms with van der Waals surface area (Å²) in [6, 6.07) is 7.91. The van der Waals surface area contributed by atoms with Gasteiger partial charge in [-0.25, -0.2) is 0 Å². The third kappa shape index (κ3) is 6.20. The maximum atomic E-state index is 12.2. The molecule has 0 N–H and O–H groups in total. The Hall–Kier alpha value is -1.48. The van der Waals surface area contributed by atoms with Gasteiger partial charge in [-0.15, -0.1) is 0 Å². The SMILES string of the molecule is CCCCCCCC=CC(=O)N1CCN(c2ccc(Cl)cc2)CC1. The molecule has 1 aromatic rings. The van der Waals surface area contributed by atoms with Gasteiger partial charge in [0.25, 0.3) is 0 Å². The molecule has 0 spiro atoms. The minimum Gasteiger partial charge on any atom is -0.368 e. The molecular formula is C20H29ClN2O. The van der Waals surface area contributed by atoms with Crippen molar-refractivity contribution in [2.24, 2.45) is 0 Å². The predicted octanol–water partition coefficient (Wildman–Crippen LogP) is 4.91. The lowest BCUT2D eigenvalue weighted by atomic mass is 10.1. The van der Waals surface area contributed by atoms with Gasteiger partial charge in [-0.2, -0.15) is 0 Å². The number of carbonyl (C=O) groups is 1. The van der Waals surface area contributed by atoms with E-state index in [-0.39, 0.29) is 5.91 Å². The van der Waals surface area contributed by atoms with Crippen LogP contribution < -0.4 is 4.90 Å². The fourth-order valence-corrected chi connectivity index (χ4v) is 3.12. The fraction of sp³-hybridized carbons (Fsp3) is 0.550. The van der Waals surface area contributed by atoms with Crippen molar-refractivity contribution in [3.8, 4) is 0 Å². The van der Waals surface area contributed by atoms with Crippen LogP contribution in [0.25, 0.3) is 0 Å². The summed E-state index contributed by atoms with van der Waals surface area (Å²) in [6.07, 6.45) is 11.2. The number of unbranched alkanes of at least 4 members (excludes halogenated alkanes) is 5. The molecule has 0 saturated carbocycles. The van der Waals surface area contributed by atoms with Crippen LogP contribution in [0.1, 0.15) is 45.4 Å². The van der Waals surface area contributed by atoms with Gasteiger partial charge < -0.3 is 9.80 Å². The van der Waals surface area contributed by atoms with Crippen LogP contribution in [0.3, 0.4) is 0 Å². The molecule has 0 radical (unpaired) electrons. The summed E-state index contributed by atoms with van der Waals surface area (Å²) in [4.78, 5) is 16.5. The van der Waals surface area contributed by atoms with Crippen molar-refractivity contribution in [1.82, 2.24) is 4.90 Å². The summed E-state index contributed by atoms with van der Waals surface area (Å²) < 4.78 is 0. The zero-order valence-corrected chi connectivity index (χ0v) is 15.5. The Labute approximate surface area is 151 Å². The standard InChI is InChI=1S/C20H29ClN2O/c1-2-3-4-5-6-7-8-9-20(24)23-16-14-22(15-17-23)19-12-10-18(21)11-13-19/h8-13H,2-7,14-17H2,1H3. The maximum absolute atomic E-state index is 12.2. The summed E-state index contributed by atoms with van der Waals surface area (Å²) in [6.45, 7) is 5.53. The van der Waals surface area contributed by atoms with E-state index in [0.29, 0.717) is 0 Å². The average molecular weight is 349 g/mol. The minimum atomic E-state index is 0.152. The Bertz CT molecular complexity index is 519. The lowest BCUT2D eigenvalue weighted by molar-refractivity contribution is -0.126. The Kier molecular flexibility index (Phi) is 8.17. The normalized spacial score (nSPS) is 15.2. The maximum Gasteiger partial charge on any atom is 0.246 e. The van der Waals surface area contributed by atoms with Gasteiger partial charge in [0.15, 0.2) is 0 Å². The van der Waals surface area contributed by atoms with Gasteiger partial charge >= 0.3 is 0 Å². The van der Waals surface area contributed by atoms with Crippen molar-refractivity contribution < 1.29 is 4.79 Å². The lowest BCUT2D eigenvalue weighted by Crippen LogP contribution is -2.48. The van der Waals surface area contributed by atoms with Crippen molar-refractivity contribution in [3.63, 3.8) is 0 Å². The van der Waals surface area contributed by atoms with E-state index in [1.54, 1.807) is 6.08 Å². The molecule has 0 aliphatic carbocycles. The minimum absolute atomic E-state index is 0.152. The van der Waals surface area contributed by atoms with E-state index >= 15 is 0 Å². The summed E-state index contributed by atoms with van der Waals surface area (Å²) in [5, 5.41) is 0.757. The number of piperazine rings is 1. The number of allylic oxidation sites excluding steroid dienone is 1. The number of carbonyl (C=O) groups excluding carboxylic acids is 1. The predicted molar refractivity (Wildman–Crippen MR) is 103 cm³/mol. The van der Waals surface area contributed by atoms with E-state index in [1.807, 2.05) is 35.2 Å². The number of anilines is 1. The van der Waals surface area contributed by atoms with Crippen LogP contribution in [-0.4, -0.2) is 37.0 Å². The third-order valence-corrected chi connectivity index (χ3v) is 4.77. The van der Waals surface area contributed by atoms with E-state index < -0.39 is 0 Å². The number of hydrogen-bond donors (Lipinski definition) is 0. The number of rotatable bonds is 8. The highest BCUT2D eigenvalue weighted by Crippen LogP contribution is 2.19. The van der Waals surface area contributed by atoms with Crippen molar-refractivity contribution in [2.45, 2.75) is 45.4 Å². The lowest BCUT2D eigenvalue weighted by Gasteiger charge is -2.35. The second kappa shape index (κ2) is 10.4. The molecule has 132 valence electrons. The summed E-state index contributed by atoms with van der Waals surface area (Å²) in [5.74, 6) is 0.152. The third-order valence-electron chi connectivity index (χ3n) is 4.52. The Morgan fingerprint density at radius 1 is 1.04 bits per heavy atom. The fourth-order valence-electron chi connectivity index (χ4n) is 2.99. The Morgan fingerprint density at radius 3 is 2.38 bits per heavy atom. The molecule has 4 heteroatoms. The topological polar surface area (TPSA) is 23.6 Å². The number of nitrogens with zero attached hydrogens (tertiary/aromatic N) is 2. The van der Waals surface area contributed by atoms with E-state index in [2.05, 4.69) is 11.8 Å². The number of hydrogen-bond acceptors (Lipinski definition) is 2. The number of amides is 1. The van der Waals surface area contributed by atoms with Crippen LogP contribution in [0.15, 0.2) is 36.4 Å². The molecule has 1 heterocycles. The second-order valence-corrected chi connectivity index (χ2v) is 6.83. The quantitative estimate of drug-likeness (QED) is 0.492. The molecule has 1 fully saturated rings. The summed E-state index contributed by atoms with van der Waals surface area (Å²) in [7, 11) is 0. The molecular weight excluding hydrogens is 320 g/mol. The molecule has 1 aliphatic rings. The van der Waals surface area contributed by atoms with Gasteiger partial charge in [0.2, 0.25) is 5.91 Å². The summed E-state index contributed by atoms with van der Waals surface area (Å²) >= 11 is 5.93. The monoisotopic (exact) mass is 348 g/mol. The first-order valence-corrected chi connectivity index (χ1v) is 9.54. The summed E-state index contributed by atoms with van der Waals surface area (Å²) in [5.41, 5.74) is 1.18. The van der Waals surface area contributed by atoms with E-state index in [1.165, 1.54) is 37.8 Å². The molecule has 1 aliphatic heterocycles. The van der Waals surface area contributed by atoms with Crippen LogP contribution in [0.2, 0.25) is 5.02 Å². The molecule has 1 saturated heterocycles. The zero-order chi connectivity index (χ0) is 17.2. The first-order chi connectivity index (χ1) is 11.7. The van der Waals surface area contributed by atoms with Crippen molar-refractivity contribution in [2.75, 3.05) is 31.1 Å². The van der Waals surface area contributed by atoms with Gasteiger partial charge in [-0.1, -0.05) is 50.3 Å². The van der Waals surface area contributed by atoms with E-state index in [9.17, 15) is 4.79 Å². The molecule has 0 atom stereocenters. The highest BCUT2D eigenvalue weighted by atomic mass is 35.5. The molecule has 0 bridgehead atoms. The Balaban J connectivity index is 1.67. The van der Waals surface area contributed by atoms with Crippen LogP contribution in [0.5, 0.6) is 0 Å². The van der Waals surface area contributed by atoms with Gasteiger partial charge in [-0.05, 0) is 43.2 Å². The van der Waals surface area contributed by atoms with Crippen LogP contribution >= 0.6 is 11.6 Å². The smallest absolute Gasteiger partial charge is 0.246 e. The molecule has 0 aromatic heterocycles. The van der Waals surface area contributed by atoms with E-state index in [4.69, 9.17) is 11.6 Å². The number of benzene rings is 1.